The van der Waals surface area contributed by atoms with Gasteiger partial charge in [0, 0.05) is 18.5 Å². The van der Waals surface area contributed by atoms with Crippen LogP contribution in [0.2, 0.25) is 0 Å². The molecule has 1 fully saturated rings. The van der Waals surface area contributed by atoms with Crippen molar-refractivity contribution in [1.82, 2.24) is 5.32 Å². The molecule has 0 amide bonds. The van der Waals surface area contributed by atoms with Gasteiger partial charge in [-0.3, -0.25) is 0 Å². The van der Waals surface area contributed by atoms with Gasteiger partial charge in [-0.15, -0.1) is 0 Å². The zero-order valence-electron chi connectivity index (χ0n) is 10.2. The van der Waals surface area contributed by atoms with Crippen molar-refractivity contribution in [3.63, 3.8) is 0 Å². The van der Waals surface area contributed by atoms with E-state index in [1.807, 2.05) is 0 Å². The molecule has 1 saturated heterocycles. The van der Waals surface area contributed by atoms with Gasteiger partial charge in [0.1, 0.15) is 11.6 Å². The fourth-order valence-corrected chi connectivity index (χ4v) is 1.99. The maximum atomic E-state index is 13.3. The number of nitrogens with one attached hydrogen (secondary N) is 1. The fourth-order valence-electron chi connectivity index (χ4n) is 1.99. The second kappa shape index (κ2) is 5.73. The third kappa shape index (κ3) is 3.04. The first-order valence-corrected chi connectivity index (χ1v) is 6.08. The maximum absolute atomic E-state index is 13.3. The Balaban J connectivity index is 1.76. The molecule has 1 aliphatic heterocycles. The summed E-state index contributed by atoms with van der Waals surface area (Å²) in [5.41, 5.74) is 6.10. The molecule has 3 N–H and O–H groups in total. The number of benzene rings is 1. The third-order valence-corrected chi connectivity index (χ3v) is 3.33. The van der Waals surface area contributed by atoms with Crippen molar-refractivity contribution in [2.45, 2.75) is 6.42 Å². The summed E-state index contributed by atoms with van der Waals surface area (Å²) in [5, 5.41) is 3.23. The lowest BCUT2D eigenvalue weighted by atomic mass is 9.86. The topological polar surface area (TPSA) is 47.3 Å². The van der Waals surface area contributed by atoms with Gasteiger partial charge in [-0.1, -0.05) is 0 Å². The van der Waals surface area contributed by atoms with Crippen LogP contribution >= 0.6 is 0 Å². The molecular formula is C13H18F2N2O. The molecule has 5 heteroatoms. The first kappa shape index (κ1) is 13.4. The summed E-state index contributed by atoms with van der Waals surface area (Å²) in [7, 11) is 0. The molecule has 1 aliphatic rings. The van der Waals surface area contributed by atoms with E-state index in [0.717, 1.165) is 18.7 Å². The van der Waals surface area contributed by atoms with Crippen LogP contribution in [-0.4, -0.2) is 32.8 Å². The van der Waals surface area contributed by atoms with Crippen molar-refractivity contribution in [3.05, 3.63) is 35.4 Å². The van der Waals surface area contributed by atoms with Crippen molar-refractivity contribution >= 4 is 0 Å². The Morgan fingerprint density at radius 2 is 2.11 bits per heavy atom. The Morgan fingerprint density at radius 3 is 2.72 bits per heavy atom. The van der Waals surface area contributed by atoms with Crippen LogP contribution in [0.1, 0.15) is 5.56 Å². The average molecular weight is 256 g/mol. The van der Waals surface area contributed by atoms with Crippen LogP contribution in [0.5, 0.6) is 0 Å². The molecule has 1 aromatic carbocycles. The Bertz CT molecular complexity index is 402. The first-order valence-electron chi connectivity index (χ1n) is 6.08. The van der Waals surface area contributed by atoms with Crippen molar-refractivity contribution < 1.29 is 13.5 Å². The molecule has 1 aromatic rings. The summed E-state index contributed by atoms with van der Waals surface area (Å²) < 4.78 is 31.4. The van der Waals surface area contributed by atoms with Gasteiger partial charge in [-0.25, -0.2) is 8.78 Å². The van der Waals surface area contributed by atoms with Gasteiger partial charge in [0.25, 0.3) is 0 Å². The van der Waals surface area contributed by atoms with Crippen LogP contribution in [0.15, 0.2) is 18.2 Å². The maximum Gasteiger partial charge on any atom is 0.126 e. The van der Waals surface area contributed by atoms with E-state index in [1.54, 1.807) is 0 Å². The number of halogens is 2. The molecule has 100 valence electrons. The molecule has 0 aromatic heterocycles. The van der Waals surface area contributed by atoms with E-state index >= 15 is 0 Å². The monoisotopic (exact) mass is 256 g/mol. The molecule has 0 saturated carbocycles. The lowest BCUT2D eigenvalue weighted by molar-refractivity contribution is -0.104. The summed E-state index contributed by atoms with van der Waals surface area (Å²) in [6, 6.07) is 3.52. The van der Waals surface area contributed by atoms with Crippen molar-refractivity contribution in [3.8, 4) is 0 Å². The summed E-state index contributed by atoms with van der Waals surface area (Å²) in [4.78, 5) is 0. The summed E-state index contributed by atoms with van der Waals surface area (Å²) in [6.07, 6.45) is 0.463. The number of hydrogen-bond donors (Lipinski definition) is 2. The molecule has 0 bridgehead atoms. The predicted molar refractivity (Wildman–Crippen MR) is 65.2 cm³/mol. The minimum Gasteiger partial charge on any atom is -0.380 e. The molecule has 0 radical (unpaired) electrons. The number of hydrogen-bond acceptors (Lipinski definition) is 3. The Morgan fingerprint density at radius 1 is 1.33 bits per heavy atom. The number of ether oxygens (including phenoxy) is 1. The number of rotatable bonds is 6. The highest BCUT2D eigenvalue weighted by Crippen LogP contribution is 2.24. The smallest absolute Gasteiger partial charge is 0.126 e. The highest BCUT2D eigenvalue weighted by atomic mass is 19.1. The van der Waals surface area contributed by atoms with Crippen LogP contribution in [0.4, 0.5) is 8.78 Å². The molecule has 3 nitrogen and oxygen atoms in total. The van der Waals surface area contributed by atoms with E-state index in [2.05, 4.69) is 5.32 Å². The van der Waals surface area contributed by atoms with Crippen molar-refractivity contribution in [2.24, 2.45) is 11.1 Å². The van der Waals surface area contributed by atoms with Gasteiger partial charge in [0.15, 0.2) is 0 Å². The van der Waals surface area contributed by atoms with Crippen LogP contribution < -0.4 is 11.1 Å². The lowest BCUT2D eigenvalue weighted by Gasteiger charge is -2.40. The van der Waals surface area contributed by atoms with Crippen molar-refractivity contribution in [1.29, 1.82) is 0 Å². The minimum atomic E-state index is -0.405. The molecule has 0 unspecified atom stereocenters. The third-order valence-electron chi connectivity index (χ3n) is 3.33. The lowest BCUT2D eigenvalue weighted by Crippen LogP contribution is -2.54. The van der Waals surface area contributed by atoms with Crippen LogP contribution in [0.3, 0.4) is 0 Å². The van der Waals surface area contributed by atoms with E-state index in [-0.39, 0.29) is 11.2 Å². The van der Waals surface area contributed by atoms with Gasteiger partial charge in [-0.2, -0.15) is 0 Å². The average Bonchev–Trinajstić information content (AvgIpc) is 2.31. The summed E-state index contributed by atoms with van der Waals surface area (Å²) in [6.45, 7) is 3.27. The largest absolute Gasteiger partial charge is 0.380 e. The Hall–Kier alpha value is -1.04. The minimum absolute atomic E-state index is 0.0283. The second-order valence-electron chi connectivity index (χ2n) is 4.86. The summed E-state index contributed by atoms with van der Waals surface area (Å²) >= 11 is 0. The standard InChI is InChI=1S/C13H18F2N2O/c14-11-1-2-12(15)10(5-11)3-4-17-7-13(6-16)8-18-9-13/h1-2,5,17H,3-4,6-9,16H2. The molecule has 1 heterocycles. The normalized spacial score (nSPS) is 17.5. The number of nitrogens with two attached hydrogens (primary N) is 1. The quantitative estimate of drug-likeness (QED) is 0.749. The molecule has 18 heavy (non-hydrogen) atoms. The van der Waals surface area contributed by atoms with Gasteiger partial charge >= 0.3 is 0 Å². The van der Waals surface area contributed by atoms with Crippen LogP contribution in [0.25, 0.3) is 0 Å². The molecule has 0 aliphatic carbocycles. The van der Waals surface area contributed by atoms with Gasteiger partial charge < -0.3 is 15.8 Å². The highest BCUT2D eigenvalue weighted by molar-refractivity contribution is 5.19. The van der Waals surface area contributed by atoms with Crippen molar-refractivity contribution in [2.75, 3.05) is 32.8 Å². The Labute approximate surface area is 105 Å². The van der Waals surface area contributed by atoms with E-state index in [9.17, 15) is 8.78 Å². The molecule has 0 spiro atoms. The van der Waals surface area contributed by atoms with Crippen LogP contribution in [-0.2, 0) is 11.2 Å². The fraction of sp³-hybridized carbons (Fsp3) is 0.538. The Kier molecular flexibility index (Phi) is 4.27. The van der Waals surface area contributed by atoms with Gasteiger partial charge in [0.05, 0.1) is 13.2 Å². The SMILES string of the molecule is NCC1(CNCCc2cc(F)ccc2F)COC1. The van der Waals surface area contributed by atoms with E-state index in [0.29, 0.717) is 38.3 Å². The van der Waals surface area contributed by atoms with E-state index < -0.39 is 5.82 Å². The first-order chi connectivity index (χ1) is 8.65. The second-order valence-corrected chi connectivity index (χ2v) is 4.86. The van der Waals surface area contributed by atoms with Crippen LogP contribution in [0, 0.1) is 17.0 Å². The molecular weight excluding hydrogens is 238 g/mol. The zero-order chi connectivity index (χ0) is 13.0. The molecule has 0 atom stereocenters. The van der Waals surface area contributed by atoms with Gasteiger partial charge in [0.2, 0.25) is 0 Å². The highest BCUT2D eigenvalue weighted by Gasteiger charge is 2.36. The van der Waals surface area contributed by atoms with E-state index in [1.165, 1.54) is 6.07 Å². The summed E-state index contributed by atoms with van der Waals surface area (Å²) in [5.74, 6) is -0.768. The molecule has 2 rings (SSSR count). The van der Waals surface area contributed by atoms with Gasteiger partial charge in [-0.05, 0) is 36.7 Å². The zero-order valence-corrected chi connectivity index (χ0v) is 10.2. The predicted octanol–water partition coefficient (Wildman–Crippen LogP) is 1.07. The van der Waals surface area contributed by atoms with E-state index in [4.69, 9.17) is 10.5 Å².